The Balaban J connectivity index is 2.12. The van der Waals surface area contributed by atoms with Gasteiger partial charge in [-0.25, -0.2) is 0 Å². The van der Waals surface area contributed by atoms with Gasteiger partial charge < -0.3 is 9.84 Å². The summed E-state index contributed by atoms with van der Waals surface area (Å²) >= 11 is 1.71. The van der Waals surface area contributed by atoms with E-state index in [1.165, 1.54) is 15.6 Å². The van der Waals surface area contributed by atoms with Crippen molar-refractivity contribution in [2.75, 3.05) is 6.61 Å². The van der Waals surface area contributed by atoms with Crippen LogP contribution in [0.1, 0.15) is 43.0 Å². The van der Waals surface area contributed by atoms with Crippen molar-refractivity contribution in [3.05, 3.63) is 34.7 Å². The quantitative estimate of drug-likeness (QED) is 0.894. The molecule has 1 unspecified atom stereocenters. The molecule has 0 radical (unpaired) electrons. The summed E-state index contributed by atoms with van der Waals surface area (Å²) in [5, 5.41) is 10.6. The minimum atomic E-state index is -0.781. The van der Waals surface area contributed by atoms with Gasteiger partial charge in [0, 0.05) is 9.58 Å². The van der Waals surface area contributed by atoms with Crippen LogP contribution in [0.25, 0.3) is 10.1 Å². The number of unbranched alkanes of at least 4 members (excludes halogenated alkanes) is 1. The van der Waals surface area contributed by atoms with Gasteiger partial charge in [-0.15, -0.1) is 11.3 Å². The lowest BCUT2D eigenvalue weighted by Gasteiger charge is -2.36. The molecule has 0 bridgehead atoms. The highest BCUT2D eigenvalue weighted by Gasteiger charge is 2.41. The van der Waals surface area contributed by atoms with Crippen LogP contribution >= 0.6 is 11.3 Å². The SMILES string of the molecule is CCCCC1(CC(=O)O)OCCc2c1sc1ccccc21. The third-order valence-corrected chi connectivity index (χ3v) is 5.61. The lowest BCUT2D eigenvalue weighted by Crippen LogP contribution is -2.36. The van der Waals surface area contributed by atoms with E-state index in [0.29, 0.717) is 6.61 Å². The second-order valence-electron chi connectivity index (χ2n) is 5.67. The minimum Gasteiger partial charge on any atom is -0.481 e. The smallest absolute Gasteiger partial charge is 0.306 e. The van der Waals surface area contributed by atoms with Gasteiger partial charge in [0.1, 0.15) is 5.60 Å². The summed E-state index contributed by atoms with van der Waals surface area (Å²) in [7, 11) is 0. The number of benzene rings is 1. The average Bonchev–Trinajstić information content (AvgIpc) is 2.85. The standard InChI is InChI=1S/C17H20O3S/c1-2-3-9-17(11-15(18)19)16-13(8-10-20-17)12-6-4-5-7-14(12)21-16/h4-7H,2-3,8-11H2,1H3,(H,18,19). The van der Waals surface area contributed by atoms with Gasteiger partial charge in [0.25, 0.3) is 0 Å². The van der Waals surface area contributed by atoms with Crippen molar-refractivity contribution >= 4 is 27.4 Å². The van der Waals surface area contributed by atoms with Crippen molar-refractivity contribution in [2.45, 2.75) is 44.6 Å². The largest absolute Gasteiger partial charge is 0.481 e. The summed E-state index contributed by atoms with van der Waals surface area (Å²) in [6.07, 6.45) is 3.77. The molecular formula is C17H20O3S. The lowest BCUT2D eigenvalue weighted by atomic mass is 9.85. The van der Waals surface area contributed by atoms with Crippen LogP contribution < -0.4 is 0 Å². The van der Waals surface area contributed by atoms with Gasteiger partial charge in [-0.05, 0) is 29.9 Å². The molecule has 1 N–H and O–H groups in total. The summed E-state index contributed by atoms with van der Waals surface area (Å²) in [6.45, 7) is 2.74. The summed E-state index contributed by atoms with van der Waals surface area (Å²) in [4.78, 5) is 12.5. The molecule has 21 heavy (non-hydrogen) atoms. The van der Waals surface area contributed by atoms with Gasteiger partial charge in [-0.2, -0.15) is 0 Å². The predicted octanol–water partition coefficient (Wildman–Crippen LogP) is 4.33. The Morgan fingerprint density at radius 2 is 2.24 bits per heavy atom. The molecule has 3 rings (SSSR count). The van der Waals surface area contributed by atoms with Crippen molar-refractivity contribution in [1.82, 2.24) is 0 Å². The van der Waals surface area contributed by atoms with Gasteiger partial charge in [0.15, 0.2) is 0 Å². The van der Waals surface area contributed by atoms with E-state index < -0.39 is 11.6 Å². The molecule has 4 heteroatoms. The maximum atomic E-state index is 11.4. The first-order chi connectivity index (χ1) is 10.2. The number of ether oxygens (including phenoxy) is 1. The molecule has 2 aromatic rings. The van der Waals surface area contributed by atoms with Crippen LogP contribution in [0.3, 0.4) is 0 Å². The van der Waals surface area contributed by atoms with Gasteiger partial charge in [-0.3, -0.25) is 4.79 Å². The van der Waals surface area contributed by atoms with E-state index in [0.717, 1.165) is 30.6 Å². The first kappa shape index (κ1) is 14.5. The van der Waals surface area contributed by atoms with Gasteiger partial charge >= 0.3 is 5.97 Å². The molecule has 0 fully saturated rings. The number of hydrogen-bond donors (Lipinski definition) is 1. The van der Waals surface area contributed by atoms with Crippen LogP contribution in [-0.4, -0.2) is 17.7 Å². The number of rotatable bonds is 5. The third-order valence-electron chi connectivity index (χ3n) is 4.21. The van der Waals surface area contributed by atoms with E-state index in [1.54, 1.807) is 11.3 Å². The zero-order chi connectivity index (χ0) is 14.9. The van der Waals surface area contributed by atoms with Crippen LogP contribution in [0, 0.1) is 0 Å². The maximum Gasteiger partial charge on any atom is 0.306 e. The van der Waals surface area contributed by atoms with E-state index in [9.17, 15) is 9.90 Å². The topological polar surface area (TPSA) is 46.5 Å². The molecule has 2 heterocycles. The fourth-order valence-electron chi connectivity index (χ4n) is 3.24. The number of hydrogen-bond acceptors (Lipinski definition) is 3. The number of carbonyl (C=O) groups is 1. The molecule has 0 spiro atoms. The Morgan fingerprint density at radius 1 is 1.43 bits per heavy atom. The zero-order valence-electron chi connectivity index (χ0n) is 12.2. The zero-order valence-corrected chi connectivity index (χ0v) is 13.0. The van der Waals surface area contributed by atoms with Crippen molar-refractivity contribution in [1.29, 1.82) is 0 Å². The number of carboxylic acids is 1. The molecule has 3 nitrogen and oxygen atoms in total. The van der Waals surface area contributed by atoms with E-state index in [4.69, 9.17) is 4.74 Å². The molecule has 1 aromatic carbocycles. The lowest BCUT2D eigenvalue weighted by molar-refractivity contribution is -0.148. The Kier molecular flexibility index (Phi) is 4.00. The second-order valence-corrected chi connectivity index (χ2v) is 6.72. The van der Waals surface area contributed by atoms with Gasteiger partial charge in [0.05, 0.1) is 13.0 Å². The minimum absolute atomic E-state index is 0.0623. The predicted molar refractivity (Wildman–Crippen MR) is 84.9 cm³/mol. The van der Waals surface area contributed by atoms with Crippen LogP contribution in [0.2, 0.25) is 0 Å². The second kappa shape index (κ2) is 5.78. The number of carboxylic acid groups (broad SMARTS) is 1. The molecular weight excluding hydrogens is 284 g/mol. The molecule has 1 aliphatic rings. The summed E-state index contributed by atoms with van der Waals surface area (Å²) in [5.74, 6) is -0.781. The molecule has 0 amide bonds. The summed E-state index contributed by atoms with van der Waals surface area (Å²) in [5.41, 5.74) is 0.679. The molecule has 0 aliphatic carbocycles. The van der Waals surface area contributed by atoms with Crippen LogP contribution in [0.4, 0.5) is 0 Å². The fourth-order valence-corrected chi connectivity index (χ4v) is 4.66. The van der Waals surface area contributed by atoms with Crippen LogP contribution in [0.15, 0.2) is 24.3 Å². The highest BCUT2D eigenvalue weighted by molar-refractivity contribution is 7.19. The first-order valence-corrected chi connectivity index (χ1v) is 8.34. The average molecular weight is 304 g/mol. The van der Waals surface area contributed by atoms with E-state index in [2.05, 4.69) is 25.1 Å². The Morgan fingerprint density at radius 3 is 3.00 bits per heavy atom. The van der Waals surface area contributed by atoms with Crippen molar-refractivity contribution in [3.8, 4) is 0 Å². The highest BCUT2D eigenvalue weighted by atomic mass is 32.1. The molecule has 1 aromatic heterocycles. The molecule has 0 saturated carbocycles. The Hall–Kier alpha value is -1.39. The summed E-state index contributed by atoms with van der Waals surface area (Å²) < 4.78 is 7.30. The first-order valence-electron chi connectivity index (χ1n) is 7.53. The van der Waals surface area contributed by atoms with Crippen LogP contribution in [0.5, 0.6) is 0 Å². The molecule has 0 saturated heterocycles. The maximum absolute atomic E-state index is 11.4. The molecule has 112 valence electrons. The Labute approximate surface area is 128 Å². The monoisotopic (exact) mass is 304 g/mol. The molecule has 1 atom stereocenters. The highest BCUT2D eigenvalue weighted by Crippen LogP contribution is 2.47. The Bertz CT molecular complexity index is 661. The fraction of sp³-hybridized carbons (Fsp3) is 0.471. The van der Waals surface area contributed by atoms with Crippen molar-refractivity contribution in [2.24, 2.45) is 0 Å². The number of thiophene rings is 1. The third kappa shape index (κ3) is 2.58. The van der Waals surface area contributed by atoms with Gasteiger partial charge in [-0.1, -0.05) is 38.0 Å². The van der Waals surface area contributed by atoms with E-state index in [1.807, 2.05) is 6.07 Å². The number of aliphatic carboxylic acids is 1. The summed E-state index contributed by atoms with van der Waals surface area (Å²) in [6, 6.07) is 8.34. The van der Waals surface area contributed by atoms with Crippen molar-refractivity contribution < 1.29 is 14.6 Å². The van der Waals surface area contributed by atoms with Crippen molar-refractivity contribution in [3.63, 3.8) is 0 Å². The van der Waals surface area contributed by atoms with Gasteiger partial charge in [0.2, 0.25) is 0 Å². The van der Waals surface area contributed by atoms with E-state index >= 15 is 0 Å². The normalized spacial score (nSPS) is 21.4. The molecule has 1 aliphatic heterocycles. The van der Waals surface area contributed by atoms with Crippen LogP contribution in [-0.2, 0) is 21.6 Å². The van der Waals surface area contributed by atoms with E-state index in [-0.39, 0.29) is 6.42 Å². The number of fused-ring (bicyclic) bond motifs is 3.